The van der Waals surface area contributed by atoms with Gasteiger partial charge >= 0.3 is 0 Å². The molecule has 1 atom stereocenters. The van der Waals surface area contributed by atoms with Gasteiger partial charge in [0, 0.05) is 17.8 Å². The summed E-state index contributed by atoms with van der Waals surface area (Å²) in [7, 11) is 0. The second kappa shape index (κ2) is 6.73. The van der Waals surface area contributed by atoms with Gasteiger partial charge in [0.05, 0.1) is 0 Å². The molecule has 1 heterocycles. The first-order valence-corrected chi connectivity index (χ1v) is 7.37. The van der Waals surface area contributed by atoms with E-state index >= 15 is 0 Å². The molecule has 2 rings (SSSR count). The fourth-order valence-corrected chi connectivity index (χ4v) is 2.82. The van der Waals surface area contributed by atoms with Crippen LogP contribution in [0.25, 0.3) is 0 Å². The molecule has 1 saturated carbocycles. The molecule has 1 aromatic rings. The summed E-state index contributed by atoms with van der Waals surface area (Å²) in [5, 5.41) is 11.7. The van der Waals surface area contributed by atoms with Crippen molar-refractivity contribution in [2.75, 3.05) is 6.61 Å². The first kappa shape index (κ1) is 15.5. The average Bonchev–Trinajstić information content (AvgIpc) is 2.44. The molecule has 1 aliphatic carbocycles. The normalized spacial score (nSPS) is 20.2. The summed E-state index contributed by atoms with van der Waals surface area (Å²) in [6.45, 7) is 4.32. The van der Waals surface area contributed by atoms with E-state index in [1.807, 2.05) is 0 Å². The molecule has 4 heteroatoms. The van der Waals surface area contributed by atoms with Crippen molar-refractivity contribution in [3.05, 3.63) is 29.6 Å². The van der Waals surface area contributed by atoms with Gasteiger partial charge in [-0.15, -0.1) is 0 Å². The van der Waals surface area contributed by atoms with Crippen molar-refractivity contribution in [1.82, 2.24) is 10.3 Å². The van der Waals surface area contributed by atoms with Crippen LogP contribution in [0.15, 0.2) is 18.3 Å². The lowest BCUT2D eigenvalue weighted by Crippen LogP contribution is -2.40. The predicted octanol–water partition coefficient (Wildman–Crippen LogP) is 2.12. The number of aromatic nitrogens is 1. The Labute approximate surface area is 126 Å². The highest BCUT2D eigenvalue weighted by atomic mass is 16.2. The number of aliphatic hydroxyl groups is 1. The molecule has 1 amide bonds. The first-order valence-electron chi connectivity index (χ1n) is 7.37. The highest BCUT2D eigenvalue weighted by molar-refractivity contribution is 5.92. The van der Waals surface area contributed by atoms with Crippen molar-refractivity contribution in [2.45, 2.75) is 45.6 Å². The minimum atomic E-state index is -0.181. The number of pyridine rings is 1. The minimum Gasteiger partial charge on any atom is -0.384 e. The summed E-state index contributed by atoms with van der Waals surface area (Å²) < 4.78 is 0. The molecule has 0 aromatic carbocycles. The number of hydrogen-bond acceptors (Lipinski definition) is 3. The van der Waals surface area contributed by atoms with Gasteiger partial charge < -0.3 is 10.4 Å². The van der Waals surface area contributed by atoms with Gasteiger partial charge in [0.15, 0.2) is 0 Å². The van der Waals surface area contributed by atoms with Crippen LogP contribution in [-0.2, 0) is 0 Å². The Hall–Kier alpha value is -1.86. The van der Waals surface area contributed by atoms with Gasteiger partial charge in [0.25, 0.3) is 5.91 Å². The molecule has 21 heavy (non-hydrogen) atoms. The number of aliphatic hydroxyl groups excluding tert-OH is 1. The Kier molecular flexibility index (Phi) is 4.98. The van der Waals surface area contributed by atoms with Crippen LogP contribution in [0, 0.1) is 17.3 Å². The van der Waals surface area contributed by atoms with Crippen molar-refractivity contribution < 1.29 is 9.90 Å². The SMILES string of the molecule is CC1(C)CCCC(NC(=O)c2ccc(C#CCO)cn2)C1. The quantitative estimate of drug-likeness (QED) is 0.819. The van der Waals surface area contributed by atoms with E-state index in [0.29, 0.717) is 16.7 Å². The van der Waals surface area contributed by atoms with Crippen molar-refractivity contribution >= 4 is 5.91 Å². The van der Waals surface area contributed by atoms with E-state index in [-0.39, 0.29) is 18.6 Å². The Morgan fingerprint density at radius 2 is 2.33 bits per heavy atom. The summed E-state index contributed by atoms with van der Waals surface area (Å²) in [6.07, 6.45) is 5.98. The smallest absolute Gasteiger partial charge is 0.270 e. The number of rotatable bonds is 2. The predicted molar refractivity (Wildman–Crippen MR) is 81.7 cm³/mol. The summed E-state index contributed by atoms with van der Waals surface area (Å²) in [5.41, 5.74) is 1.40. The van der Waals surface area contributed by atoms with Crippen molar-refractivity contribution in [2.24, 2.45) is 5.41 Å². The number of amides is 1. The van der Waals surface area contributed by atoms with Crippen LogP contribution in [0.5, 0.6) is 0 Å². The summed E-state index contributed by atoms with van der Waals surface area (Å²) >= 11 is 0. The van der Waals surface area contributed by atoms with E-state index in [2.05, 4.69) is 36.0 Å². The first-order chi connectivity index (χ1) is 10.00. The Morgan fingerprint density at radius 1 is 1.52 bits per heavy atom. The fraction of sp³-hybridized carbons (Fsp3) is 0.529. The zero-order valence-electron chi connectivity index (χ0n) is 12.6. The lowest BCUT2D eigenvalue weighted by molar-refractivity contribution is 0.0897. The monoisotopic (exact) mass is 286 g/mol. The zero-order valence-corrected chi connectivity index (χ0v) is 12.6. The molecule has 0 aliphatic heterocycles. The molecule has 0 saturated heterocycles. The number of hydrogen-bond donors (Lipinski definition) is 2. The van der Waals surface area contributed by atoms with E-state index in [1.54, 1.807) is 18.3 Å². The van der Waals surface area contributed by atoms with E-state index < -0.39 is 0 Å². The third kappa shape index (κ3) is 4.57. The van der Waals surface area contributed by atoms with Gasteiger partial charge in [-0.25, -0.2) is 4.98 Å². The van der Waals surface area contributed by atoms with Crippen LogP contribution >= 0.6 is 0 Å². The van der Waals surface area contributed by atoms with E-state index in [0.717, 1.165) is 19.3 Å². The van der Waals surface area contributed by atoms with Gasteiger partial charge in [0.1, 0.15) is 12.3 Å². The highest BCUT2D eigenvalue weighted by Gasteiger charge is 2.29. The van der Waals surface area contributed by atoms with Crippen LogP contribution in [0.4, 0.5) is 0 Å². The van der Waals surface area contributed by atoms with Crippen LogP contribution < -0.4 is 5.32 Å². The van der Waals surface area contributed by atoms with E-state index in [1.165, 1.54) is 6.42 Å². The lowest BCUT2D eigenvalue weighted by atomic mass is 9.75. The van der Waals surface area contributed by atoms with E-state index in [4.69, 9.17) is 5.11 Å². The van der Waals surface area contributed by atoms with Crippen LogP contribution in [0.2, 0.25) is 0 Å². The number of carbonyl (C=O) groups is 1. The van der Waals surface area contributed by atoms with Gasteiger partial charge in [0.2, 0.25) is 0 Å². The van der Waals surface area contributed by atoms with Crippen LogP contribution in [0.3, 0.4) is 0 Å². The van der Waals surface area contributed by atoms with Crippen molar-refractivity contribution in [3.63, 3.8) is 0 Å². The summed E-state index contributed by atoms with van der Waals surface area (Å²) in [4.78, 5) is 16.3. The van der Waals surface area contributed by atoms with Gasteiger partial charge in [-0.3, -0.25) is 4.79 Å². The van der Waals surface area contributed by atoms with Crippen LogP contribution in [0.1, 0.15) is 55.6 Å². The average molecular weight is 286 g/mol. The van der Waals surface area contributed by atoms with E-state index in [9.17, 15) is 4.79 Å². The standard InChI is InChI=1S/C17H22N2O2/c1-17(2)9-3-6-14(11-17)19-16(21)15-8-7-13(12-18-15)5-4-10-20/h7-8,12,14,20H,3,6,9-11H2,1-2H3,(H,19,21). The fourth-order valence-electron chi connectivity index (χ4n) is 2.82. The highest BCUT2D eigenvalue weighted by Crippen LogP contribution is 2.35. The largest absolute Gasteiger partial charge is 0.384 e. The van der Waals surface area contributed by atoms with Gasteiger partial charge in [-0.05, 0) is 36.8 Å². The Balaban J connectivity index is 1.97. The maximum atomic E-state index is 12.2. The summed E-state index contributed by atoms with van der Waals surface area (Å²) in [5.74, 6) is 5.19. The molecule has 1 unspecified atom stereocenters. The third-order valence-corrected chi connectivity index (χ3v) is 3.85. The second-order valence-electron chi connectivity index (χ2n) is 6.32. The molecular formula is C17H22N2O2. The topological polar surface area (TPSA) is 62.2 Å². The number of nitrogens with one attached hydrogen (secondary N) is 1. The lowest BCUT2D eigenvalue weighted by Gasteiger charge is -2.35. The molecule has 1 fully saturated rings. The van der Waals surface area contributed by atoms with Crippen molar-refractivity contribution in [1.29, 1.82) is 0 Å². The maximum Gasteiger partial charge on any atom is 0.270 e. The second-order valence-corrected chi connectivity index (χ2v) is 6.32. The maximum absolute atomic E-state index is 12.2. The summed E-state index contributed by atoms with van der Waals surface area (Å²) in [6, 6.07) is 3.65. The molecule has 1 aliphatic rings. The molecule has 4 nitrogen and oxygen atoms in total. The number of carbonyl (C=O) groups excluding carboxylic acids is 1. The van der Waals surface area contributed by atoms with Gasteiger partial charge in [-0.2, -0.15) is 0 Å². The molecular weight excluding hydrogens is 264 g/mol. The zero-order chi connectivity index (χ0) is 15.3. The molecule has 0 spiro atoms. The van der Waals surface area contributed by atoms with Gasteiger partial charge in [-0.1, -0.05) is 32.1 Å². The Bertz CT molecular complexity index is 552. The van der Waals surface area contributed by atoms with Crippen LogP contribution in [-0.4, -0.2) is 28.6 Å². The molecule has 0 radical (unpaired) electrons. The van der Waals surface area contributed by atoms with Crippen molar-refractivity contribution in [3.8, 4) is 11.8 Å². The molecule has 1 aromatic heterocycles. The molecule has 2 N–H and O–H groups in total. The molecule has 0 bridgehead atoms. The minimum absolute atomic E-state index is 0.126. The molecule has 112 valence electrons. The number of nitrogens with zero attached hydrogens (tertiary/aromatic N) is 1. The Morgan fingerprint density at radius 3 is 2.95 bits per heavy atom. The third-order valence-electron chi connectivity index (χ3n) is 3.85.